The van der Waals surface area contributed by atoms with Gasteiger partial charge >= 0.3 is 0 Å². The lowest BCUT2D eigenvalue weighted by Crippen LogP contribution is -2.19. The van der Waals surface area contributed by atoms with Crippen LogP contribution >= 0.6 is 0 Å². The first-order valence-corrected chi connectivity index (χ1v) is 7.45. The summed E-state index contributed by atoms with van der Waals surface area (Å²) in [5.74, 6) is 0.679. The zero-order valence-electron chi connectivity index (χ0n) is 13.4. The second-order valence-corrected chi connectivity index (χ2v) is 5.89. The zero-order chi connectivity index (χ0) is 14.8. The molecule has 1 N–H and O–H groups in total. The van der Waals surface area contributed by atoms with Crippen molar-refractivity contribution in [3.8, 4) is 0 Å². The molecule has 4 nitrogen and oxygen atoms in total. The summed E-state index contributed by atoms with van der Waals surface area (Å²) in [6.45, 7) is 8.80. The van der Waals surface area contributed by atoms with Gasteiger partial charge < -0.3 is 15.0 Å². The van der Waals surface area contributed by atoms with Gasteiger partial charge in [0.2, 0.25) is 0 Å². The second kappa shape index (κ2) is 9.86. The maximum atomic E-state index is 5.62. The number of rotatable bonds is 10. The van der Waals surface area contributed by atoms with Crippen LogP contribution in [0.1, 0.15) is 31.5 Å². The third-order valence-corrected chi connectivity index (χ3v) is 2.91. The minimum Gasteiger partial charge on any atom is -0.375 e. The highest BCUT2D eigenvalue weighted by atomic mass is 16.5. The Morgan fingerprint density at radius 2 is 2.10 bits per heavy atom. The maximum Gasteiger partial charge on any atom is 0.0887 e. The van der Waals surface area contributed by atoms with Crippen molar-refractivity contribution < 1.29 is 4.74 Å². The van der Waals surface area contributed by atoms with Gasteiger partial charge in [0, 0.05) is 19.3 Å². The summed E-state index contributed by atoms with van der Waals surface area (Å²) < 4.78 is 5.62. The van der Waals surface area contributed by atoms with Crippen LogP contribution in [0.2, 0.25) is 0 Å². The molecule has 0 aliphatic rings. The molecule has 0 saturated carbocycles. The molecule has 114 valence electrons. The van der Waals surface area contributed by atoms with Crippen molar-refractivity contribution in [3.63, 3.8) is 0 Å². The summed E-state index contributed by atoms with van der Waals surface area (Å²) in [5.41, 5.74) is 2.23. The van der Waals surface area contributed by atoms with Crippen molar-refractivity contribution in [2.24, 2.45) is 5.92 Å². The molecule has 0 aliphatic heterocycles. The van der Waals surface area contributed by atoms with Gasteiger partial charge in [-0.2, -0.15) is 0 Å². The minimum absolute atomic E-state index is 0.604. The van der Waals surface area contributed by atoms with E-state index in [0.717, 1.165) is 38.4 Å². The van der Waals surface area contributed by atoms with Gasteiger partial charge in [0.1, 0.15) is 0 Å². The number of aromatic nitrogens is 1. The van der Waals surface area contributed by atoms with Crippen molar-refractivity contribution in [1.29, 1.82) is 0 Å². The Labute approximate surface area is 123 Å². The van der Waals surface area contributed by atoms with Crippen molar-refractivity contribution in [2.75, 3.05) is 33.8 Å². The van der Waals surface area contributed by atoms with E-state index in [9.17, 15) is 0 Å². The molecule has 1 aromatic rings. The Morgan fingerprint density at radius 3 is 2.70 bits per heavy atom. The Balaban J connectivity index is 2.18. The van der Waals surface area contributed by atoms with Gasteiger partial charge in [-0.15, -0.1) is 0 Å². The summed E-state index contributed by atoms with van der Waals surface area (Å²) in [4.78, 5) is 6.60. The molecular weight excluding hydrogens is 250 g/mol. The SMILES string of the molecule is CC(C)CNCc1ccc(COCCCN(C)C)nc1. The van der Waals surface area contributed by atoms with Gasteiger partial charge in [0.05, 0.1) is 12.3 Å². The fraction of sp³-hybridized carbons (Fsp3) is 0.688. The summed E-state index contributed by atoms with van der Waals surface area (Å²) >= 11 is 0. The normalized spacial score (nSPS) is 11.5. The van der Waals surface area contributed by atoms with Crippen LogP contribution in [0.15, 0.2) is 18.3 Å². The highest BCUT2D eigenvalue weighted by Crippen LogP contribution is 2.02. The van der Waals surface area contributed by atoms with Crippen LogP contribution in [0.4, 0.5) is 0 Å². The highest BCUT2D eigenvalue weighted by molar-refractivity contribution is 5.13. The van der Waals surface area contributed by atoms with Crippen LogP contribution in [-0.2, 0) is 17.9 Å². The second-order valence-electron chi connectivity index (χ2n) is 5.89. The van der Waals surface area contributed by atoms with Crippen molar-refractivity contribution in [1.82, 2.24) is 15.2 Å². The number of hydrogen-bond donors (Lipinski definition) is 1. The van der Waals surface area contributed by atoms with Gasteiger partial charge in [-0.05, 0) is 51.2 Å². The number of nitrogens with one attached hydrogen (secondary N) is 1. The molecule has 0 spiro atoms. The van der Waals surface area contributed by atoms with Crippen LogP contribution in [0.3, 0.4) is 0 Å². The van der Waals surface area contributed by atoms with Crippen molar-refractivity contribution >= 4 is 0 Å². The topological polar surface area (TPSA) is 37.4 Å². The van der Waals surface area contributed by atoms with E-state index in [-0.39, 0.29) is 0 Å². The van der Waals surface area contributed by atoms with Gasteiger partial charge in [-0.1, -0.05) is 19.9 Å². The molecule has 0 radical (unpaired) electrons. The summed E-state index contributed by atoms with van der Waals surface area (Å²) in [6.07, 6.45) is 3.00. The Bertz CT molecular complexity index is 349. The van der Waals surface area contributed by atoms with Crippen LogP contribution in [0.5, 0.6) is 0 Å². The molecular formula is C16H29N3O. The molecule has 4 heteroatoms. The first kappa shape index (κ1) is 17.1. The molecule has 0 bridgehead atoms. The Hall–Kier alpha value is -0.970. The Kier molecular flexibility index (Phi) is 8.42. The number of ether oxygens (including phenoxy) is 1. The van der Waals surface area contributed by atoms with E-state index in [0.29, 0.717) is 12.5 Å². The molecule has 0 aliphatic carbocycles. The van der Waals surface area contributed by atoms with Crippen molar-refractivity contribution in [3.05, 3.63) is 29.6 Å². The van der Waals surface area contributed by atoms with Crippen LogP contribution < -0.4 is 5.32 Å². The minimum atomic E-state index is 0.604. The lowest BCUT2D eigenvalue weighted by atomic mass is 10.2. The fourth-order valence-electron chi connectivity index (χ4n) is 1.81. The monoisotopic (exact) mass is 279 g/mol. The lowest BCUT2D eigenvalue weighted by molar-refractivity contribution is 0.110. The zero-order valence-corrected chi connectivity index (χ0v) is 13.4. The number of nitrogens with zero attached hydrogens (tertiary/aromatic N) is 2. The largest absolute Gasteiger partial charge is 0.375 e. The third kappa shape index (κ3) is 8.25. The fourth-order valence-corrected chi connectivity index (χ4v) is 1.81. The molecule has 1 aromatic heterocycles. The predicted octanol–water partition coefficient (Wildman–Crippen LogP) is 2.30. The maximum absolute atomic E-state index is 5.62. The Morgan fingerprint density at radius 1 is 1.30 bits per heavy atom. The van der Waals surface area contributed by atoms with E-state index in [2.05, 4.69) is 55.3 Å². The summed E-state index contributed by atoms with van der Waals surface area (Å²) in [7, 11) is 4.15. The van der Waals surface area contributed by atoms with E-state index in [1.807, 2.05) is 6.20 Å². The average molecular weight is 279 g/mol. The average Bonchev–Trinajstić information content (AvgIpc) is 2.39. The smallest absolute Gasteiger partial charge is 0.0887 e. The van der Waals surface area contributed by atoms with Gasteiger partial charge in [0.15, 0.2) is 0 Å². The molecule has 20 heavy (non-hydrogen) atoms. The van der Waals surface area contributed by atoms with Gasteiger partial charge in [0.25, 0.3) is 0 Å². The van der Waals surface area contributed by atoms with E-state index >= 15 is 0 Å². The number of hydrogen-bond acceptors (Lipinski definition) is 4. The number of pyridine rings is 1. The first-order valence-electron chi connectivity index (χ1n) is 7.45. The first-order chi connectivity index (χ1) is 9.58. The molecule has 1 heterocycles. The molecule has 0 atom stereocenters. The summed E-state index contributed by atoms with van der Waals surface area (Å²) in [6, 6.07) is 4.18. The van der Waals surface area contributed by atoms with E-state index in [1.54, 1.807) is 0 Å². The lowest BCUT2D eigenvalue weighted by Gasteiger charge is -2.10. The molecule has 0 fully saturated rings. The standard InChI is InChI=1S/C16H29N3O/c1-14(2)10-17-11-15-6-7-16(18-12-15)13-20-9-5-8-19(3)4/h6-7,12,14,17H,5,8-11,13H2,1-4H3. The molecule has 0 aromatic carbocycles. The molecule has 0 saturated heterocycles. The highest BCUT2D eigenvalue weighted by Gasteiger charge is 1.98. The molecule has 0 unspecified atom stereocenters. The molecule has 1 rings (SSSR count). The van der Waals surface area contributed by atoms with E-state index < -0.39 is 0 Å². The summed E-state index contributed by atoms with van der Waals surface area (Å²) in [5, 5.41) is 3.42. The van der Waals surface area contributed by atoms with Gasteiger partial charge in [-0.3, -0.25) is 4.98 Å². The molecule has 0 amide bonds. The predicted molar refractivity (Wildman–Crippen MR) is 83.6 cm³/mol. The van der Waals surface area contributed by atoms with Gasteiger partial charge in [-0.25, -0.2) is 0 Å². The van der Waals surface area contributed by atoms with Crippen LogP contribution in [0.25, 0.3) is 0 Å². The van der Waals surface area contributed by atoms with Crippen molar-refractivity contribution in [2.45, 2.75) is 33.4 Å². The van der Waals surface area contributed by atoms with E-state index in [1.165, 1.54) is 5.56 Å². The van der Waals surface area contributed by atoms with Crippen LogP contribution in [-0.4, -0.2) is 43.7 Å². The third-order valence-electron chi connectivity index (χ3n) is 2.91. The quantitative estimate of drug-likeness (QED) is 0.667. The van der Waals surface area contributed by atoms with Crippen LogP contribution in [0, 0.1) is 5.92 Å². The van der Waals surface area contributed by atoms with E-state index in [4.69, 9.17) is 4.74 Å².